The summed E-state index contributed by atoms with van der Waals surface area (Å²) in [5.74, 6) is -1.42. The number of hydrogen-bond acceptors (Lipinski definition) is 6. The van der Waals surface area contributed by atoms with Crippen LogP contribution in [0.25, 0.3) is 0 Å². The minimum atomic E-state index is -0.608. The average molecular weight is 523 g/mol. The number of allylic oxidation sites excluding steroid dienone is 2. The first-order chi connectivity index (χ1) is 18.5. The number of aliphatic hydroxyl groups is 1. The fourth-order valence-corrected chi connectivity index (χ4v) is 4.19. The lowest BCUT2D eigenvalue weighted by molar-refractivity contribution is -0.146. The van der Waals surface area contributed by atoms with Gasteiger partial charge in [0.25, 0.3) is 0 Å². The molecule has 1 aliphatic rings. The highest BCUT2D eigenvalue weighted by Gasteiger charge is 2.27. The van der Waals surface area contributed by atoms with E-state index in [1.54, 1.807) is 4.90 Å². The summed E-state index contributed by atoms with van der Waals surface area (Å²) in [5.41, 5.74) is 1.95. The maximum atomic E-state index is 13.4. The van der Waals surface area contributed by atoms with E-state index in [0.717, 1.165) is 11.1 Å². The van der Waals surface area contributed by atoms with Crippen LogP contribution in [0.2, 0.25) is 0 Å². The first-order valence-corrected chi connectivity index (χ1v) is 13.2. The lowest BCUT2D eigenvalue weighted by Crippen LogP contribution is -2.46. The number of carbonyl (C=O) groups is 3. The van der Waals surface area contributed by atoms with Crippen molar-refractivity contribution >= 4 is 17.8 Å². The highest BCUT2D eigenvalue weighted by Crippen LogP contribution is 2.16. The van der Waals surface area contributed by atoms with Crippen LogP contribution in [-0.4, -0.2) is 60.2 Å². The standard InChI is InChI=1S/C30H38N2O6/c33-18-17-32(20-24-11-5-3-6-12-24)28(34)19-26-15-9-1-2-10-16-29(35)38-23-27(31-30(26)36)22-37-21-25-13-7-4-8-14-25/h1,3-9,11-14,26-27,33H,2,10,15-23H2,(H,31,36)/t26-,27+/m1/s1. The Labute approximate surface area is 224 Å². The normalized spacial score (nSPS) is 18.9. The van der Waals surface area contributed by atoms with Gasteiger partial charge in [0.2, 0.25) is 11.8 Å². The van der Waals surface area contributed by atoms with E-state index in [1.165, 1.54) is 0 Å². The summed E-state index contributed by atoms with van der Waals surface area (Å²) < 4.78 is 11.2. The van der Waals surface area contributed by atoms with Gasteiger partial charge in [-0.3, -0.25) is 14.4 Å². The van der Waals surface area contributed by atoms with Crippen LogP contribution in [0.3, 0.4) is 0 Å². The van der Waals surface area contributed by atoms with Crippen molar-refractivity contribution in [3.63, 3.8) is 0 Å². The molecule has 38 heavy (non-hydrogen) atoms. The molecule has 0 unspecified atom stereocenters. The van der Waals surface area contributed by atoms with E-state index in [9.17, 15) is 19.5 Å². The molecular formula is C30H38N2O6. The lowest BCUT2D eigenvalue weighted by Gasteiger charge is -2.26. The van der Waals surface area contributed by atoms with Crippen molar-refractivity contribution in [3.8, 4) is 0 Å². The number of carbonyl (C=O) groups excluding carboxylic acids is 3. The summed E-state index contributed by atoms with van der Waals surface area (Å²) >= 11 is 0. The average Bonchev–Trinajstić information content (AvgIpc) is 2.94. The second-order valence-electron chi connectivity index (χ2n) is 9.41. The van der Waals surface area contributed by atoms with Crippen molar-refractivity contribution in [2.24, 2.45) is 5.92 Å². The summed E-state index contributed by atoms with van der Waals surface area (Å²) in [4.78, 5) is 40.3. The molecule has 3 rings (SSSR count). The van der Waals surface area contributed by atoms with E-state index < -0.39 is 12.0 Å². The number of cyclic esters (lactones) is 1. The molecular weight excluding hydrogens is 484 g/mol. The number of nitrogens with zero attached hydrogens (tertiary/aromatic N) is 1. The van der Waals surface area contributed by atoms with Crippen molar-refractivity contribution in [1.29, 1.82) is 0 Å². The number of aliphatic hydroxyl groups excluding tert-OH is 1. The molecule has 1 heterocycles. The first kappa shape index (κ1) is 29.1. The molecule has 0 bridgehead atoms. The molecule has 0 aliphatic carbocycles. The van der Waals surface area contributed by atoms with Crippen LogP contribution >= 0.6 is 0 Å². The van der Waals surface area contributed by atoms with Gasteiger partial charge in [-0.25, -0.2) is 0 Å². The van der Waals surface area contributed by atoms with Crippen LogP contribution in [0, 0.1) is 5.92 Å². The maximum Gasteiger partial charge on any atom is 0.305 e. The largest absolute Gasteiger partial charge is 0.463 e. The molecule has 0 aromatic heterocycles. The molecule has 0 radical (unpaired) electrons. The quantitative estimate of drug-likeness (QED) is 0.366. The summed E-state index contributed by atoms with van der Waals surface area (Å²) in [5, 5.41) is 12.5. The molecule has 204 valence electrons. The van der Waals surface area contributed by atoms with Gasteiger partial charge in [-0.2, -0.15) is 0 Å². The zero-order valence-corrected chi connectivity index (χ0v) is 21.8. The predicted molar refractivity (Wildman–Crippen MR) is 144 cm³/mol. The topological polar surface area (TPSA) is 105 Å². The fourth-order valence-electron chi connectivity index (χ4n) is 4.19. The number of amides is 2. The van der Waals surface area contributed by atoms with E-state index in [4.69, 9.17) is 9.47 Å². The Morgan fingerprint density at radius 1 is 1.03 bits per heavy atom. The Morgan fingerprint density at radius 2 is 1.74 bits per heavy atom. The molecule has 0 saturated carbocycles. The number of ether oxygens (including phenoxy) is 2. The lowest BCUT2D eigenvalue weighted by atomic mass is 9.98. The zero-order valence-electron chi connectivity index (χ0n) is 21.8. The number of esters is 1. The summed E-state index contributed by atoms with van der Waals surface area (Å²) in [6, 6.07) is 18.7. The Kier molecular flexibility index (Phi) is 12.5. The third-order valence-corrected chi connectivity index (χ3v) is 6.29. The number of rotatable bonds is 10. The van der Waals surface area contributed by atoms with Crippen LogP contribution in [-0.2, 0) is 37.0 Å². The van der Waals surface area contributed by atoms with Crippen molar-refractivity contribution in [3.05, 3.63) is 83.9 Å². The maximum absolute atomic E-state index is 13.4. The van der Waals surface area contributed by atoms with Crippen LogP contribution in [0.1, 0.15) is 43.2 Å². The van der Waals surface area contributed by atoms with Crippen molar-refractivity contribution in [2.45, 2.75) is 51.3 Å². The van der Waals surface area contributed by atoms with Gasteiger partial charge in [0.1, 0.15) is 6.61 Å². The third kappa shape index (κ3) is 10.5. The second-order valence-corrected chi connectivity index (χ2v) is 9.41. The van der Waals surface area contributed by atoms with Gasteiger partial charge < -0.3 is 24.8 Å². The van der Waals surface area contributed by atoms with Gasteiger partial charge in [-0.1, -0.05) is 72.8 Å². The molecule has 0 saturated heterocycles. The molecule has 2 atom stereocenters. The number of nitrogens with one attached hydrogen (secondary N) is 1. The van der Waals surface area contributed by atoms with Crippen LogP contribution in [0.15, 0.2) is 72.8 Å². The smallest absolute Gasteiger partial charge is 0.305 e. The Morgan fingerprint density at radius 3 is 2.45 bits per heavy atom. The molecule has 2 amide bonds. The highest BCUT2D eigenvalue weighted by atomic mass is 16.5. The molecule has 8 heteroatoms. The Hall–Kier alpha value is -3.49. The first-order valence-electron chi connectivity index (χ1n) is 13.2. The monoisotopic (exact) mass is 522 g/mol. The van der Waals surface area contributed by atoms with Crippen LogP contribution in [0.4, 0.5) is 0 Å². The van der Waals surface area contributed by atoms with Gasteiger partial charge in [0.05, 0.1) is 31.8 Å². The van der Waals surface area contributed by atoms with Gasteiger partial charge in [-0.15, -0.1) is 0 Å². The van der Waals surface area contributed by atoms with Crippen molar-refractivity contribution < 1.29 is 29.0 Å². The summed E-state index contributed by atoms with van der Waals surface area (Å²) in [6.07, 6.45) is 5.86. The van der Waals surface area contributed by atoms with Crippen molar-refractivity contribution in [1.82, 2.24) is 10.2 Å². The third-order valence-electron chi connectivity index (χ3n) is 6.29. The van der Waals surface area contributed by atoms with Crippen LogP contribution in [0.5, 0.6) is 0 Å². The molecule has 0 fully saturated rings. The van der Waals surface area contributed by atoms with Gasteiger partial charge in [-0.05, 0) is 30.4 Å². The van der Waals surface area contributed by atoms with E-state index in [0.29, 0.717) is 38.8 Å². The number of benzene rings is 2. The zero-order chi connectivity index (χ0) is 27.0. The van der Waals surface area contributed by atoms with Gasteiger partial charge in [0.15, 0.2) is 0 Å². The van der Waals surface area contributed by atoms with Gasteiger partial charge >= 0.3 is 5.97 Å². The second kappa shape index (κ2) is 16.4. The Balaban J connectivity index is 1.67. The summed E-state index contributed by atoms with van der Waals surface area (Å²) in [7, 11) is 0. The predicted octanol–water partition coefficient (Wildman–Crippen LogP) is 3.39. The highest BCUT2D eigenvalue weighted by molar-refractivity contribution is 5.86. The van der Waals surface area contributed by atoms with Crippen LogP contribution < -0.4 is 5.32 Å². The summed E-state index contributed by atoms with van der Waals surface area (Å²) in [6.45, 7) is 0.899. The van der Waals surface area contributed by atoms with E-state index in [1.807, 2.05) is 72.8 Å². The van der Waals surface area contributed by atoms with E-state index >= 15 is 0 Å². The molecule has 2 N–H and O–H groups in total. The molecule has 2 aromatic carbocycles. The van der Waals surface area contributed by atoms with Crippen molar-refractivity contribution in [2.75, 3.05) is 26.4 Å². The molecule has 8 nitrogen and oxygen atoms in total. The molecule has 1 aliphatic heterocycles. The minimum absolute atomic E-state index is 0.000384. The molecule has 2 aromatic rings. The number of hydrogen-bond donors (Lipinski definition) is 2. The van der Waals surface area contributed by atoms with Gasteiger partial charge in [0, 0.05) is 25.9 Å². The Bertz CT molecular complexity index is 1030. The van der Waals surface area contributed by atoms with E-state index in [2.05, 4.69) is 5.32 Å². The van der Waals surface area contributed by atoms with E-state index in [-0.39, 0.29) is 50.6 Å². The minimum Gasteiger partial charge on any atom is -0.463 e. The SMILES string of the molecule is O=C1CCCC=CC[C@H](CC(=O)N(CCO)Cc2ccccc2)C(=O)N[C@@H](COCc2ccccc2)CO1. The fraction of sp³-hybridized carbons (Fsp3) is 0.433. The molecule has 0 spiro atoms.